The van der Waals surface area contributed by atoms with Crippen molar-refractivity contribution in [2.45, 2.75) is 0 Å². The molecule has 0 spiro atoms. The van der Waals surface area contributed by atoms with Gasteiger partial charge in [-0.25, -0.2) is 8.78 Å². The van der Waals surface area contributed by atoms with Gasteiger partial charge in [0, 0.05) is 11.6 Å². The van der Waals surface area contributed by atoms with Crippen LogP contribution in [0.2, 0.25) is 0 Å². The van der Waals surface area contributed by atoms with Gasteiger partial charge in [0.25, 0.3) is 0 Å². The van der Waals surface area contributed by atoms with Gasteiger partial charge in [0.2, 0.25) is 0 Å². The molecule has 0 amide bonds. The number of hydrogen-bond acceptors (Lipinski definition) is 1. The average molecular weight is 347 g/mol. The highest BCUT2D eigenvalue weighted by molar-refractivity contribution is 9.10. The van der Waals surface area contributed by atoms with Crippen molar-refractivity contribution in [1.82, 2.24) is 0 Å². The molecule has 0 bridgehead atoms. The van der Waals surface area contributed by atoms with E-state index in [1.165, 1.54) is 6.07 Å². The van der Waals surface area contributed by atoms with E-state index in [0.29, 0.717) is 11.6 Å². The summed E-state index contributed by atoms with van der Waals surface area (Å²) in [4.78, 5) is 12.4. The van der Waals surface area contributed by atoms with Gasteiger partial charge in [-0.2, -0.15) is 0 Å². The molecule has 0 aromatic heterocycles. The summed E-state index contributed by atoms with van der Waals surface area (Å²) in [5, 5.41) is 1.89. The van der Waals surface area contributed by atoms with Gasteiger partial charge in [-0.1, -0.05) is 36.4 Å². The van der Waals surface area contributed by atoms with Gasteiger partial charge in [-0.3, -0.25) is 4.79 Å². The highest BCUT2D eigenvalue weighted by atomic mass is 79.9. The first-order valence-electron chi connectivity index (χ1n) is 6.24. The highest BCUT2D eigenvalue weighted by Gasteiger charge is 2.17. The lowest BCUT2D eigenvalue weighted by Gasteiger charge is -2.06. The highest BCUT2D eigenvalue weighted by Crippen LogP contribution is 2.24. The summed E-state index contributed by atoms with van der Waals surface area (Å²) < 4.78 is 27.1. The number of carbonyl (C=O) groups excluding carboxylic acids is 1. The van der Waals surface area contributed by atoms with Crippen molar-refractivity contribution in [2.24, 2.45) is 0 Å². The zero-order valence-corrected chi connectivity index (χ0v) is 12.3. The molecular weight excluding hydrogens is 338 g/mol. The summed E-state index contributed by atoms with van der Waals surface area (Å²) in [6, 6.07) is 14.6. The standard InChI is InChI=1S/C17H9BrF2O/c18-14-8-13(15(19)9-16(14)20)17(21)12-6-5-10-3-1-2-4-11(10)7-12/h1-9H. The maximum absolute atomic E-state index is 13.8. The van der Waals surface area contributed by atoms with Gasteiger partial charge in [-0.05, 0) is 38.8 Å². The molecule has 0 N–H and O–H groups in total. The minimum atomic E-state index is -0.867. The third-order valence-corrected chi connectivity index (χ3v) is 3.87. The summed E-state index contributed by atoms with van der Waals surface area (Å²) in [5.74, 6) is -2.07. The number of ketones is 1. The third-order valence-electron chi connectivity index (χ3n) is 3.27. The molecule has 0 unspecified atom stereocenters. The van der Waals surface area contributed by atoms with Crippen molar-refractivity contribution in [3.05, 3.63) is 81.8 Å². The average Bonchev–Trinajstić information content (AvgIpc) is 2.50. The molecule has 1 nitrogen and oxygen atoms in total. The molecule has 3 aromatic carbocycles. The van der Waals surface area contributed by atoms with Crippen molar-refractivity contribution in [3.8, 4) is 0 Å². The molecule has 104 valence electrons. The number of hydrogen-bond donors (Lipinski definition) is 0. The quantitative estimate of drug-likeness (QED) is 0.465. The topological polar surface area (TPSA) is 17.1 Å². The van der Waals surface area contributed by atoms with Crippen LogP contribution in [0.15, 0.2) is 59.1 Å². The summed E-state index contributed by atoms with van der Waals surface area (Å²) in [5.41, 5.74) is 0.213. The van der Waals surface area contributed by atoms with Crippen LogP contribution in [-0.4, -0.2) is 5.78 Å². The smallest absolute Gasteiger partial charge is 0.196 e. The molecule has 0 saturated heterocycles. The SMILES string of the molecule is O=C(c1ccc2ccccc2c1)c1cc(Br)c(F)cc1F. The molecular formula is C17H9BrF2O. The molecule has 0 heterocycles. The summed E-state index contributed by atoms with van der Waals surface area (Å²) in [6.07, 6.45) is 0. The maximum Gasteiger partial charge on any atom is 0.196 e. The number of halogens is 3. The lowest BCUT2D eigenvalue weighted by atomic mass is 9.99. The fraction of sp³-hybridized carbons (Fsp3) is 0. The van der Waals surface area contributed by atoms with Crippen LogP contribution < -0.4 is 0 Å². The first-order valence-corrected chi connectivity index (χ1v) is 7.03. The largest absolute Gasteiger partial charge is 0.288 e. The predicted octanol–water partition coefficient (Wildman–Crippen LogP) is 5.11. The van der Waals surface area contributed by atoms with Gasteiger partial charge in [0.1, 0.15) is 11.6 Å². The van der Waals surface area contributed by atoms with Crippen molar-refractivity contribution in [3.63, 3.8) is 0 Å². The Labute approximate surface area is 128 Å². The Morgan fingerprint density at radius 2 is 1.57 bits per heavy atom. The van der Waals surface area contributed by atoms with Gasteiger partial charge in [-0.15, -0.1) is 0 Å². The van der Waals surface area contributed by atoms with E-state index in [1.807, 2.05) is 24.3 Å². The first-order chi connectivity index (χ1) is 10.1. The Morgan fingerprint density at radius 1 is 0.857 bits per heavy atom. The van der Waals surface area contributed by atoms with E-state index in [2.05, 4.69) is 15.9 Å². The molecule has 0 aliphatic rings. The molecule has 0 atom stereocenters. The lowest BCUT2D eigenvalue weighted by molar-refractivity contribution is 0.103. The maximum atomic E-state index is 13.8. The van der Waals surface area contributed by atoms with Crippen LogP contribution in [0.3, 0.4) is 0 Å². The zero-order chi connectivity index (χ0) is 15.0. The number of rotatable bonds is 2. The van der Waals surface area contributed by atoms with Crippen molar-refractivity contribution < 1.29 is 13.6 Å². The van der Waals surface area contributed by atoms with Crippen LogP contribution in [0.4, 0.5) is 8.78 Å². The Bertz CT molecular complexity index is 859. The second-order valence-electron chi connectivity index (χ2n) is 4.64. The monoisotopic (exact) mass is 346 g/mol. The van der Waals surface area contributed by atoms with Crippen molar-refractivity contribution in [2.75, 3.05) is 0 Å². The van der Waals surface area contributed by atoms with E-state index >= 15 is 0 Å². The van der Waals surface area contributed by atoms with Crippen molar-refractivity contribution in [1.29, 1.82) is 0 Å². The van der Waals surface area contributed by atoms with Crippen LogP contribution in [0.1, 0.15) is 15.9 Å². The lowest BCUT2D eigenvalue weighted by Crippen LogP contribution is -2.05. The molecule has 0 fully saturated rings. The molecule has 3 aromatic rings. The van der Waals surface area contributed by atoms with E-state index in [4.69, 9.17) is 0 Å². The van der Waals surface area contributed by atoms with Crippen LogP contribution in [-0.2, 0) is 0 Å². The predicted molar refractivity (Wildman–Crippen MR) is 81.4 cm³/mol. The Hall–Kier alpha value is -2.07. The summed E-state index contributed by atoms with van der Waals surface area (Å²) >= 11 is 2.97. The van der Waals surface area contributed by atoms with Crippen molar-refractivity contribution >= 4 is 32.5 Å². The van der Waals surface area contributed by atoms with Gasteiger partial charge >= 0.3 is 0 Å². The Balaban J connectivity index is 2.10. The normalized spacial score (nSPS) is 10.8. The zero-order valence-electron chi connectivity index (χ0n) is 10.7. The minimum absolute atomic E-state index is 0.0630. The molecule has 4 heteroatoms. The van der Waals surface area contributed by atoms with E-state index in [-0.39, 0.29) is 10.0 Å². The second kappa shape index (κ2) is 5.37. The first kappa shape index (κ1) is 13.9. The number of fused-ring (bicyclic) bond motifs is 1. The number of carbonyl (C=O) groups is 1. The van der Waals surface area contributed by atoms with E-state index in [9.17, 15) is 13.6 Å². The van der Waals surface area contributed by atoms with E-state index < -0.39 is 17.4 Å². The van der Waals surface area contributed by atoms with Crippen LogP contribution in [0.5, 0.6) is 0 Å². The van der Waals surface area contributed by atoms with Gasteiger partial charge in [0.15, 0.2) is 5.78 Å². The van der Waals surface area contributed by atoms with E-state index in [1.54, 1.807) is 18.2 Å². The van der Waals surface area contributed by atoms with Crippen LogP contribution in [0.25, 0.3) is 10.8 Å². The Kier molecular flexibility index (Phi) is 3.55. The molecule has 0 aliphatic heterocycles. The molecule has 3 rings (SSSR count). The van der Waals surface area contributed by atoms with Crippen LogP contribution >= 0.6 is 15.9 Å². The minimum Gasteiger partial charge on any atom is -0.288 e. The second-order valence-corrected chi connectivity index (χ2v) is 5.49. The van der Waals surface area contributed by atoms with Crippen LogP contribution in [0, 0.1) is 11.6 Å². The third kappa shape index (κ3) is 2.59. The van der Waals surface area contributed by atoms with Gasteiger partial charge < -0.3 is 0 Å². The fourth-order valence-corrected chi connectivity index (χ4v) is 2.53. The van der Waals surface area contributed by atoms with Gasteiger partial charge in [0.05, 0.1) is 10.0 Å². The van der Waals surface area contributed by atoms with E-state index in [0.717, 1.165) is 10.8 Å². The summed E-state index contributed by atoms with van der Waals surface area (Å²) in [6.45, 7) is 0. The fourth-order valence-electron chi connectivity index (χ4n) is 2.18. The number of benzene rings is 3. The summed E-state index contributed by atoms with van der Waals surface area (Å²) in [7, 11) is 0. The Morgan fingerprint density at radius 3 is 2.33 bits per heavy atom. The molecule has 0 saturated carbocycles. The molecule has 0 aliphatic carbocycles. The molecule has 0 radical (unpaired) electrons. The molecule has 21 heavy (non-hydrogen) atoms.